The molecule has 2 N–H and O–H groups in total. The highest BCUT2D eigenvalue weighted by atomic mass is 16.5. The molecular weight excluding hydrogens is 392 g/mol. The Morgan fingerprint density at radius 1 is 1.10 bits per heavy atom. The van der Waals surface area contributed by atoms with Crippen LogP contribution in [0.3, 0.4) is 0 Å². The molecule has 4 rings (SSSR count). The van der Waals surface area contributed by atoms with Crippen LogP contribution in [0.15, 0.2) is 48.5 Å². The fourth-order valence-electron chi connectivity index (χ4n) is 4.72. The van der Waals surface area contributed by atoms with E-state index < -0.39 is 5.41 Å². The average Bonchev–Trinajstić information content (AvgIpc) is 3.34. The molecule has 2 aliphatic heterocycles. The molecule has 2 aliphatic rings. The van der Waals surface area contributed by atoms with Crippen LogP contribution in [0.1, 0.15) is 31.2 Å². The summed E-state index contributed by atoms with van der Waals surface area (Å²) in [6, 6.07) is 16.1. The van der Waals surface area contributed by atoms with Gasteiger partial charge in [-0.25, -0.2) is 0 Å². The number of amides is 2. The summed E-state index contributed by atoms with van der Waals surface area (Å²) in [5.41, 5.74) is 8.39. The van der Waals surface area contributed by atoms with Gasteiger partial charge in [0.25, 0.3) is 5.91 Å². The van der Waals surface area contributed by atoms with Crippen LogP contribution < -0.4 is 10.5 Å². The summed E-state index contributed by atoms with van der Waals surface area (Å²) in [4.78, 5) is 27.2. The van der Waals surface area contributed by atoms with Crippen LogP contribution in [0.2, 0.25) is 0 Å². The molecule has 0 aliphatic carbocycles. The minimum Gasteiger partial charge on any atom is -0.497 e. The molecule has 6 heteroatoms. The second-order valence-electron chi connectivity index (χ2n) is 8.61. The van der Waals surface area contributed by atoms with Gasteiger partial charge in [0.1, 0.15) is 11.9 Å². The Labute approximate surface area is 183 Å². The number of ether oxygens (including phenoxy) is 2. The third-order valence-corrected chi connectivity index (χ3v) is 6.54. The average molecular weight is 423 g/mol. The van der Waals surface area contributed by atoms with Gasteiger partial charge in [0, 0.05) is 19.7 Å². The zero-order chi connectivity index (χ0) is 21.8. The van der Waals surface area contributed by atoms with E-state index in [0.29, 0.717) is 32.5 Å². The molecule has 164 valence electrons. The number of nitrogens with two attached hydrogens (primary N) is 1. The molecule has 2 fully saturated rings. The molecule has 2 saturated heterocycles. The minimum absolute atomic E-state index is 0.00215. The van der Waals surface area contributed by atoms with Gasteiger partial charge in [0.05, 0.1) is 12.5 Å². The Kier molecular flexibility index (Phi) is 6.28. The molecule has 0 bridgehead atoms. The van der Waals surface area contributed by atoms with Crippen molar-refractivity contribution in [3.8, 4) is 16.9 Å². The van der Waals surface area contributed by atoms with E-state index in [4.69, 9.17) is 15.2 Å². The number of rotatable bonds is 6. The zero-order valence-corrected chi connectivity index (χ0v) is 18.0. The maximum Gasteiger partial charge on any atom is 0.251 e. The second-order valence-corrected chi connectivity index (χ2v) is 8.61. The van der Waals surface area contributed by atoms with Gasteiger partial charge >= 0.3 is 0 Å². The highest BCUT2D eigenvalue weighted by Crippen LogP contribution is 2.35. The smallest absolute Gasteiger partial charge is 0.251 e. The zero-order valence-electron chi connectivity index (χ0n) is 18.0. The maximum atomic E-state index is 12.9. The lowest BCUT2D eigenvalue weighted by atomic mass is 9.74. The Bertz CT molecular complexity index is 920. The van der Waals surface area contributed by atoms with E-state index in [9.17, 15) is 9.59 Å². The summed E-state index contributed by atoms with van der Waals surface area (Å²) >= 11 is 0. The summed E-state index contributed by atoms with van der Waals surface area (Å²) < 4.78 is 10.8. The largest absolute Gasteiger partial charge is 0.497 e. The summed E-state index contributed by atoms with van der Waals surface area (Å²) in [5, 5.41) is 0. The van der Waals surface area contributed by atoms with Crippen molar-refractivity contribution in [1.82, 2.24) is 4.90 Å². The van der Waals surface area contributed by atoms with Crippen LogP contribution in [0, 0.1) is 5.41 Å². The number of methoxy groups -OCH3 is 1. The lowest BCUT2D eigenvalue weighted by molar-refractivity contribution is -0.147. The van der Waals surface area contributed by atoms with E-state index >= 15 is 0 Å². The van der Waals surface area contributed by atoms with Crippen molar-refractivity contribution in [2.24, 2.45) is 11.1 Å². The Morgan fingerprint density at radius 3 is 2.35 bits per heavy atom. The fraction of sp³-hybridized carbons (Fsp3) is 0.440. The van der Waals surface area contributed by atoms with Gasteiger partial charge < -0.3 is 20.1 Å². The molecule has 2 heterocycles. The van der Waals surface area contributed by atoms with Gasteiger partial charge in [-0.05, 0) is 60.9 Å². The number of primary amides is 1. The summed E-state index contributed by atoms with van der Waals surface area (Å²) in [7, 11) is 1.65. The lowest BCUT2D eigenvalue weighted by Crippen LogP contribution is -2.55. The number of likely N-dealkylation sites (tertiary alicyclic amines) is 1. The molecule has 2 aromatic rings. The van der Waals surface area contributed by atoms with Crippen molar-refractivity contribution in [2.75, 3.05) is 26.8 Å². The van der Waals surface area contributed by atoms with Crippen molar-refractivity contribution < 1.29 is 19.1 Å². The lowest BCUT2D eigenvalue weighted by Gasteiger charge is -2.41. The van der Waals surface area contributed by atoms with Gasteiger partial charge in [-0.2, -0.15) is 0 Å². The summed E-state index contributed by atoms with van der Waals surface area (Å²) in [6.07, 6.45) is 3.29. The standard InChI is InChI=1S/C25H30N2O4/c1-30-21-11-9-20(10-12-21)19-7-5-18(6-8-19)16-25(24(26)29)13-3-14-27(17-25)23(28)22-4-2-15-31-22/h5-12,22H,2-4,13-17H2,1H3,(H2,26,29)/t22-,25+/m1/s1. The Hall–Kier alpha value is -2.86. The van der Waals surface area contributed by atoms with E-state index in [1.807, 2.05) is 36.4 Å². The van der Waals surface area contributed by atoms with E-state index in [0.717, 1.165) is 41.7 Å². The molecule has 0 saturated carbocycles. The highest BCUT2D eigenvalue weighted by molar-refractivity contribution is 5.85. The second kappa shape index (κ2) is 9.10. The molecule has 0 unspecified atom stereocenters. The van der Waals surface area contributed by atoms with Crippen molar-refractivity contribution in [2.45, 2.75) is 38.2 Å². The molecule has 0 radical (unpaired) electrons. The van der Waals surface area contributed by atoms with Crippen LogP contribution in [-0.2, 0) is 20.7 Å². The predicted molar refractivity (Wildman–Crippen MR) is 119 cm³/mol. The van der Waals surface area contributed by atoms with Crippen LogP contribution in [-0.4, -0.2) is 49.6 Å². The molecule has 6 nitrogen and oxygen atoms in total. The Morgan fingerprint density at radius 2 is 1.77 bits per heavy atom. The number of carbonyl (C=O) groups excluding carboxylic acids is 2. The predicted octanol–water partition coefficient (Wildman–Crippen LogP) is 3.18. The summed E-state index contributed by atoms with van der Waals surface area (Å²) in [5.74, 6) is 0.484. The monoisotopic (exact) mass is 422 g/mol. The van der Waals surface area contributed by atoms with Crippen LogP contribution in [0.25, 0.3) is 11.1 Å². The molecule has 0 spiro atoms. The van der Waals surface area contributed by atoms with Gasteiger partial charge in [0.2, 0.25) is 5.91 Å². The molecule has 2 atom stereocenters. The number of hydrogen-bond acceptors (Lipinski definition) is 4. The minimum atomic E-state index is -0.742. The van der Waals surface area contributed by atoms with E-state index in [1.165, 1.54) is 0 Å². The van der Waals surface area contributed by atoms with Gasteiger partial charge in [-0.3, -0.25) is 9.59 Å². The van der Waals surface area contributed by atoms with Crippen LogP contribution in [0.4, 0.5) is 0 Å². The van der Waals surface area contributed by atoms with Gasteiger partial charge in [0.15, 0.2) is 0 Å². The van der Waals surface area contributed by atoms with Gasteiger partial charge in [-0.1, -0.05) is 36.4 Å². The Balaban J connectivity index is 1.49. The first kappa shape index (κ1) is 21.4. The number of piperidine rings is 1. The molecule has 31 heavy (non-hydrogen) atoms. The van der Waals surface area contributed by atoms with Crippen molar-refractivity contribution in [3.05, 3.63) is 54.1 Å². The number of nitrogens with zero attached hydrogens (tertiary/aromatic N) is 1. The topological polar surface area (TPSA) is 81.9 Å². The SMILES string of the molecule is COc1ccc(-c2ccc(C[C@@]3(C(N)=O)CCCN(C(=O)[C@H]4CCCO4)C3)cc2)cc1. The quantitative estimate of drug-likeness (QED) is 0.775. The van der Waals surface area contributed by atoms with E-state index in [-0.39, 0.29) is 17.9 Å². The molecule has 2 aromatic carbocycles. The number of hydrogen-bond donors (Lipinski definition) is 1. The van der Waals surface area contributed by atoms with Crippen molar-refractivity contribution >= 4 is 11.8 Å². The van der Waals surface area contributed by atoms with Crippen LogP contribution in [0.5, 0.6) is 5.75 Å². The normalized spacial score (nSPS) is 23.5. The third kappa shape index (κ3) is 4.59. The molecular formula is C25H30N2O4. The van der Waals surface area contributed by atoms with E-state index in [2.05, 4.69) is 12.1 Å². The van der Waals surface area contributed by atoms with Crippen LogP contribution >= 0.6 is 0 Å². The molecule has 2 amide bonds. The fourth-order valence-corrected chi connectivity index (χ4v) is 4.72. The number of benzene rings is 2. The number of carbonyl (C=O) groups is 2. The van der Waals surface area contributed by atoms with Crippen molar-refractivity contribution in [1.29, 1.82) is 0 Å². The van der Waals surface area contributed by atoms with E-state index in [1.54, 1.807) is 12.0 Å². The first-order valence-electron chi connectivity index (χ1n) is 10.9. The van der Waals surface area contributed by atoms with Crippen molar-refractivity contribution in [3.63, 3.8) is 0 Å². The highest BCUT2D eigenvalue weighted by Gasteiger charge is 2.43. The maximum absolute atomic E-state index is 12.9. The first-order chi connectivity index (χ1) is 15.0. The summed E-state index contributed by atoms with van der Waals surface area (Å²) in [6.45, 7) is 1.65. The third-order valence-electron chi connectivity index (χ3n) is 6.54. The molecule has 0 aromatic heterocycles. The van der Waals surface area contributed by atoms with Gasteiger partial charge in [-0.15, -0.1) is 0 Å². The first-order valence-corrected chi connectivity index (χ1v) is 10.9.